The fourth-order valence-electron chi connectivity index (χ4n) is 2.87. The van der Waals surface area contributed by atoms with Crippen molar-refractivity contribution in [1.82, 2.24) is 10.2 Å². The molecule has 0 saturated carbocycles. The van der Waals surface area contributed by atoms with Gasteiger partial charge in [-0.25, -0.2) is 0 Å². The summed E-state index contributed by atoms with van der Waals surface area (Å²) < 4.78 is 5.72. The molecule has 0 radical (unpaired) electrons. The Hall–Kier alpha value is -0.120. The molecule has 0 bridgehead atoms. The summed E-state index contributed by atoms with van der Waals surface area (Å²) in [6, 6.07) is 1.14. The Balaban J connectivity index is 2.66. The van der Waals surface area contributed by atoms with Crippen LogP contribution in [0.25, 0.3) is 0 Å². The van der Waals surface area contributed by atoms with Gasteiger partial charge in [0.25, 0.3) is 0 Å². The van der Waals surface area contributed by atoms with Crippen molar-refractivity contribution in [3.63, 3.8) is 0 Å². The fraction of sp³-hybridized carbons (Fsp3) is 1.00. The van der Waals surface area contributed by atoms with E-state index in [1.165, 1.54) is 13.1 Å². The van der Waals surface area contributed by atoms with Crippen molar-refractivity contribution in [1.29, 1.82) is 0 Å². The van der Waals surface area contributed by atoms with Crippen LogP contribution in [0.5, 0.6) is 0 Å². The summed E-state index contributed by atoms with van der Waals surface area (Å²) in [5.41, 5.74) is 0. The molecular formula is C15H32N2O. The lowest BCUT2D eigenvalue weighted by Crippen LogP contribution is -2.56. The largest absolute Gasteiger partial charge is 0.380 e. The standard InChI is InChI=1S/C15H32N2O/c1-6-16-14-7-8-18-11-15(14)17(9-12(2)3)10-13(4)5/h12-16H,6-11H2,1-5H3. The van der Waals surface area contributed by atoms with Crippen LogP contribution in [-0.4, -0.2) is 49.8 Å². The molecule has 108 valence electrons. The van der Waals surface area contributed by atoms with Gasteiger partial charge in [0.05, 0.1) is 6.61 Å². The maximum atomic E-state index is 5.72. The van der Waals surface area contributed by atoms with Crippen LogP contribution in [0.4, 0.5) is 0 Å². The third-order valence-corrected chi connectivity index (χ3v) is 3.46. The Morgan fingerprint density at radius 1 is 1.17 bits per heavy atom. The minimum atomic E-state index is 0.545. The quantitative estimate of drug-likeness (QED) is 0.757. The van der Waals surface area contributed by atoms with Crippen LogP contribution in [0.3, 0.4) is 0 Å². The predicted molar refractivity (Wildman–Crippen MR) is 77.9 cm³/mol. The topological polar surface area (TPSA) is 24.5 Å². The van der Waals surface area contributed by atoms with E-state index in [2.05, 4.69) is 44.8 Å². The normalized spacial score (nSPS) is 25.3. The van der Waals surface area contributed by atoms with Crippen molar-refractivity contribution in [3.8, 4) is 0 Å². The van der Waals surface area contributed by atoms with E-state index in [1.807, 2.05) is 0 Å². The van der Waals surface area contributed by atoms with Crippen molar-refractivity contribution >= 4 is 0 Å². The third kappa shape index (κ3) is 5.25. The molecule has 2 atom stereocenters. The molecule has 3 heteroatoms. The van der Waals surface area contributed by atoms with Crippen LogP contribution in [0.15, 0.2) is 0 Å². The zero-order valence-corrected chi connectivity index (χ0v) is 12.9. The highest BCUT2D eigenvalue weighted by Gasteiger charge is 2.30. The van der Waals surface area contributed by atoms with E-state index in [4.69, 9.17) is 4.74 Å². The van der Waals surface area contributed by atoms with E-state index in [-0.39, 0.29) is 0 Å². The van der Waals surface area contributed by atoms with E-state index in [9.17, 15) is 0 Å². The molecule has 1 heterocycles. The van der Waals surface area contributed by atoms with E-state index in [1.54, 1.807) is 0 Å². The molecule has 0 amide bonds. The van der Waals surface area contributed by atoms with Crippen molar-refractivity contribution in [3.05, 3.63) is 0 Å². The van der Waals surface area contributed by atoms with Gasteiger partial charge in [0.1, 0.15) is 0 Å². The second-order valence-corrected chi connectivity index (χ2v) is 6.34. The summed E-state index contributed by atoms with van der Waals surface area (Å²) in [6.45, 7) is 16.6. The number of ether oxygens (including phenoxy) is 1. The second kappa shape index (κ2) is 8.13. The molecule has 0 spiro atoms. The van der Waals surface area contributed by atoms with E-state index in [0.29, 0.717) is 23.9 Å². The smallest absolute Gasteiger partial charge is 0.0637 e. The highest BCUT2D eigenvalue weighted by atomic mass is 16.5. The average Bonchev–Trinajstić information content (AvgIpc) is 2.28. The summed E-state index contributed by atoms with van der Waals surface area (Å²) in [4.78, 5) is 2.64. The summed E-state index contributed by atoms with van der Waals surface area (Å²) >= 11 is 0. The minimum Gasteiger partial charge on any atom is -0.380 e. The molecule has 0 aromatic rings. The molecule has 1 saturated heterocycles. The Bertz CT molecular complexity index is 207. The van der Waals surface area contributed by atoms with E-state index >= 15 is 0 Å². The number of hydrogen-bond donors (Lipinski definition) is 1. The second-order valence-electron chi connectivity index (χ2n) is 6.34. The first-order valence-corrected chi connectivity index (χ1v) is 7.59. The predicted octanol–water partition coefficient (Wildman–Crippen LogP) is 2.37. The van der Waals surface area contributed by atoms with Gasteiger partial charge in [-0.15, -0.1) is 0 Å². The minimum absolute atomic E-state index is 0.545. The van der Waals surface area contributed by atoms with Crippen LogP contribution in [0.2, 0.25) is 0 Å². The lowest BCUT2D eigenvalue weighted by atomic mass is 9.99. The maximum Gasteiger partial charge on any atom is 0.0637 e. The van der Waals surface area contributed by atoms with Gasteiger partial charge in [-0.05, 0) is 24.8 Å². The Morgan fingerprint density at radius 2 is 1.78 bits per heavy atom. The van der Waals surface area contributed by atoms with Crippen LogP contribution in [-0.2, 0) is 4.74 Å². The van der Waals surface area contributed by atoms with Gasteiger partial charge in [-0.2, -0.15) is 0 Å². The number of rotatable bonds is 7. The molecule has 1 aliphatic heterocycles. The molecule has 1 aliphatic rings. The molecule has 2 unspecified atom stereocenters. The van der Waals surface area contributed by atoms with Gasteiger partial charge in [0.15, 0.2) is 0 Å². The van der Waals surface area contributed by atoms with E-state index in [0.717, 1.165) is 26.2 Å². The number of nitrogens with zero attached hydrogens (tertiary/aromatic N) is 1. The Kier molecular flexibility index (Phi) is 7.20. The van der Waals surface area contributed by atoms with Crippen LogP contribution in [0.1, 0.15) is 41.0 Å². The van der Waals surface area contributed by atoms with Gasteiger partial charge in [-0.1, -0.05) is 34.6 Å². The maximum absolute atomic E-state index is 5.72. The molecule has 3 nitrogen and oxygen atoms in total. The van der Waals surface area contributed by atoms with E-state index < -0.39 is 0 Å². The lowest BCUT2D eigenvalue weighted by Gasteiger charge is -2.41. The Morgan fingerprint density at radius 3 is 2.28 bits per heavy atom. The van der Waals surface area contributed by atoms with Crippen molar-refractivity contribution in [2.45, 2.75) is 53.1 Å². The summed E-state index contributed by atoms with van der Waals surface area (Å²) in [6.07, 6.45) is 1.14. The van der Waals surface area contributed by atoms with Gasteiger partial charge >= 0.3 is 0 Å². The van der Waals surface area contributed by atoms with Crippen molar-refractivity contribution < 1.29 is 4.74 Å². The van der Waals surface area contributed by atoms with Crippen molar-refractivity contribution in [2.24, 2.45) is 11.8 Å². The monoisotopic (exact) mass is 256 g/mol. The fourth-order valence-corrected chi connectivity index (χ4v) is 2.87. The molecule has 1 fully saturated rings. The molecule has 0 aliphatic carbocycles. The highest BCUT2D eigenvalue weighted by molar-refractivity contribution is 4.88. The highest BCUT2D eigenvalue weighted by Crippen LogP contribution is 2.17. The van der Waals surface area contributed by atoms with Gasteiger partial charge in [0, 0.05) is 31.8 Å². The number of likely N-dealkylation sites (N-methyl/N-ethyl adjacent to an activating group) is 1. The molecule has 1 N–H and O–H groups in total. The summed E-state index contributed by atoms with van der Waals surface area (Å²) in [5, 5.41) is 3.64. The molecular weight excluding hydrogens is 224 g/mol. The first kappa shape index (κ1) is 15.9. The summed E-state index contributed by atoms with van der Waals surface area (Å²) in [5.74, 6) is 1.43. The van der Waals surface area contributed by atoms with Gasteiger partial charge < -0.3 is 10.1 Å². The zero-order chi connectivity index (χ0) is 13.5. The Labute approximate surface area is 113 Å². The average molecular weight is 256 g/mol. The van der Waals surface area contributed by atoms with Crippen LogP contribution in [0, 0.1) is 11.8 Å². The third-order valence-electron chi connectivity index (χ3n) is 3.46. The molecule has 1 rings (SSSR count). The SMILES string of the molecule is CCNC1CCOCC1N(CC(C)C)CC(C)C. The zero-order valence-electron chi connectivity index (χ0n) is 12.9. The first-order valence-electron chi connectivity index (χ1n) is 7.59. The molecule has 0 aromatic heterocycles. The van der Waals surface area contributed by atoms with Crippen LogP contribution < -0.4 is 5.32 Å². The molecule has 0 aromatic carbocycles. The van der Waals surface area contributed by atoms with Crippen LogP contribution >= 0.6 is 0 Å². The first-order chi connectivity index (χ1) is 8.54. The van der Waals surface area contributed by atoms with Gasteiger partial charge in [0.2, 0.25) is 0 Å². The number of nitrogens with one attached hydrogen (secondary N) is 1. The van der Waals surface area contributed by atoms with Gasteiger partial charge in [-0.3, -0.25) is 4.90 Å². The summed E-state index contributed by atoms with van der Waals surface area (Å²) in [7, 11) is 0. The number of hydrogen-bond acceptors (Lipinski definition) is 3. The molecule has 18 heavy (non-hydrogen) atoms. The van der Waals surface area contributed by atoms with Crippen molar-refractivity contribution in [2.75, 3.05) is 32.8 Å². The lowest BCUT2D eigenvalue weighted by molar-refractivity contribution is -0.0106.